The minimum absolute atomic E-state index is 0.102. The van der Waals surface area contributed by atoms with Crippen molar-refractivity contribution in [2.75, 3.05) is 20.7 Å². The normalized spacial score (nSPS) is 9.69. The van der Waals surface area contributed by atoms with Crippen molar-refractivity contribution in [3.05, 3.63) is 28.8 Å². The fraction of sp³-hybridized carbons (Fsp3) is 0.273. The van der Waals surface area contributed by atoms with Crippen molar-refractivity contribution in [1.29, 1.82) is 0 Å². The van der Waals surface area contributed by atoms with E-state index in [2.05, 4.69) is 0 Å². The van der Waals surface area contributed by atoms with E-state index in [0.29, 0.717) is 22.6 Å². The molecule has 86 valence electrons. The fourth-order valence-corrected chi connectivity index (χ4v) is 1.19. The number of ether oxygens (including phenoxy) is 1. The van der Waals surface area contributed by atoms with Gasteiger partial charge < -0.3 is 9.64 Å². The molecule has 1 rings (SSSR count). The molecule has 0 N–H and O–H groups in total. The molecule has 0 saturated carbocycles. The minimum Gasteiger partial charge on any atom is -0.483 e. The lowest BCUT2D eigenvalue weighted by molar-refractivity contribution is -0.130. The molecule has 0 aliphatic rings. The summed E-state index contributed by atoms with van der Waals surface area (Å²) < 4.78 is 5.23. The quantitative estimate of drug-likeness (QED) is 0.753. The van der Waals surface area contributed by atoms with Crippen molar-refractivity contribution in [3.63, 3.8) is 0 Å². The van der Waals surface area contributed by atoms with Crippen molar-refractivity contribution in [2.24, 2.45) is 0 Å². The Kier molecular flexibility index (Phi) is 4.31. The van der Waals surface area contributed by atoms with Crippen molar-refractivity contribution >= 4 is 23.8 Å². The third-order valence-corrected chi connectivity index (χ3v) is 2.18. The molecule has 0 unspecified atom stereocenters. The van der Waals surface area contributed by atoms with Crippen LogP contribution in [0.15, 0.2) is 18.2 Å². The van der Waals surface area contributed by atoms with E-state index in [1.807, 2.05) is 0 Å². The molecule has 1 aromatic rings. The summed E-state index contributed by atoms with van der Waals surface area (Å²) in [6, 6.07) is 4.66. The second kappa shape index (κ2) is 5.51. The number of hydrogen-bond donors (Lipinski definition) is 0. The highest BCUT2D eigenvalue weighted by Gasteiger charge is 2.08. The van der Waals surface area contributed by atoms with Gasteiger partial charge in [0.25, 0.3) is 5.91 Å². The average Bonchev–Trinajstić information content (AvgIpc) is 2.26. The van der Waals surface area contributed by atoms with Crippen molar-refractivity contribution in [3.8, 4) is 5.75 Å². The number of likely N-dealkylation sites (N-methyl/N-ethyl adjacent to an activating group) is 1. The largest absolute Gasteiger partial charge is 0.483 e. The van der Waals surface area contributed by atoms with Crippen LogP contribution in [0.5, 0.6) is 5.75 Å². The molecule has 1 amide bonds. The Morgan fingerprint density at radius 1 is 1.50 bits per heavy atom. The predicted octanol–water partition coefficient (Wildman–Crippen LogP) is 1.62. The van der Waals surface area contributed by atoms with E-state index >= 15 is 0 Å². The van der Waals surface area contributed by atoms with Crippen molar-refractivity contribution < 1.29 is 14.3 Å². The molecule has 4 nitrogen and oxygen atoms in total. The SMILES string of the molecule is CN(C)C(=O)COc1ccc(Cl)cc1C=O. The molecule has 0 fully saturated rings. The number of carbonyl (C=O) groups is 2. The Labute approximate surface area is 98.8 Å². The number of aldehydes is 1. The summed E-state index contributed by atoms with van der Waals surface area (Å²) in [5.74, 6) is 0.182. The second-order valence-electron chi connectivity index (χ2n) is 3.38. The van der Waals surface area contributed by atoms with E-state index in [-0.39, 0.29) is 12.5 Å². The first kappa shape index (κ1) is 12.5. The molecule has 0 aliphatic carbocycles. The zero-order valence-electron chi connectivity index (χ0n) is 9.07. The molecule has 0 spiro atoms. The van der Waals surface area contributed by atoms with Crippen LogP contribution in [0.3, 0.4) is 0 Å². The number of halogens is 1. The summed E-state index contributed by atoms with van der Waals surface area (Å²) >= 11 is 5.72. The molecule has 0 aromatic heterocycles. The lowest BCUT2D eigenvalue weighted by atomic mass is 10.2. The summed E-state index contributed by atoms with van der Waals surface area (Å²) in [5.41, 5.74) is 0.332. The van der Waals surface area contributed by atoms with E-state index in [9.17, 15) is 9.59 Å². The molecule has 1 aromatic carbocycles. The molecular formula is C11H12ClNO3. The van der Waals surface area contributed by atoms with Gasteiger partial charge in [-0.05, 0) is 18.2 Å². The molecule has 0 heterocycles. The molecule has 0 bridgehead atoms. The topological polar surface area (TPSA) is 46.6 Å². The van der Waals surface area contributed by atoms with Crippen LogP contribution in [-0.4, -0.2) is 37.8 Å². The van der Waals surface area contributed by atoms with Crippen molar-refractivity contribution in [1.82, 2.24) is 4.90 Å². The number of nitrogens with zero attached hydrogens (tertiary/aromatic N) is 1. The van der Waals surface area contributed by atoms with Gasteiger partial charge in [0.2, 0.25) is 0 Å². The van der Waals surface area contributed by atoms with Gasteiger partial charge in [-0.25, -0.2) is 0 Å². The number of rotatable bonds is 4. The maximum atomic E-state index is 11.3. The molecule has 0 saturated heterocycles. The highest BCUT2D eigenvalue weighted by Crippen LogP contribution is 2.21. The fourth-order valence-electron chi connectivity index (χ4n) is 1.01. The Bertz CT molecular complexity index is 404. The van der Waals surface area contributed by atoms with E-state index in [1.54, 1.807) is 26.2 Å². The summed E-state index contributed by atoms with van der Waals surface area (Å²) in [4.78, 5) is 23.4. The van der Waals surface area contributed by atoms with Gasteiger partial charge in [0.05, 0.1) is 5.56 Å². The van der Waals surface area contributed by atoms with Gasteiger partial charge >= 0.3 is 0 Å². The Morgan fingerprint density at radius 3 is 2.75 bits per heavy atom. The third kappa shape index (κ3) is 3.24. The van der Waals surface area contributed by atoms with Gasteiger partial charge in [-0.2, -0.15) is 0 Å². The molecule has 16 heavy (non-hydrogen) atoms. The summed E-state index contributed by atoms with van der Waals surface area (Å²) in [5, 5.41) is 0.452. The Balaban J connectivity index is 2.74. The van der Waals surface area contributed by atoms with Gasteiger partial charge in [-0.3, -0.25) is 9.59 Å². The lowest BCUT2D eigenvalue weighted by Gasteiger charge is -2.12. The van der Waals surface area contributed by atoms with Crippen LogP contribution in [0.1, 0.15) is 10.4 Å². The number of amides is 1. The number of hydrogen-bond acceptors (Lipinski definition) is 3. The van der Waals surface area contributed by atoms with E-state index in [0.717, 1.165) is 0 Å². The van der Waals surface area contributed by atoms with Crippen LogP contribution in [0.4, 0.5) is 0 Å². The van der Waals surface area contributed by atoms with Crippen LogP contribution >= 0.6 is 11.6 Å². The number of benzene rings is 1. The van der Waals surface area contributed by atoms with Crippen LogP contribution in [0, 0.1) is 0 Å². The zero-order chi connectivity index (χ0) is 12.1. The lowest BCUT2D eigenvalue weighted by Crippen LogP contribution is -2.27. The number of carbonyl (C=O) groups excluding carboxylic acids is 2. The van der Waals surface area contributed by atoms with Gasteiger partial charge in [0.1, 0.15) is 5.75 Å². The van der Waals surface area contributed by atoms with Crippen LogP contribution in [-0.2, 0) is 4.79 Å². The first-order chi connectivity index (χ1) is 7.54. The molecule has 5 heteroatoms. The molecular weight excluding hydrogens is 230 g/mol. The molecule has 0 aliphatic heterocycles. The van der Waals surface area contributed by atoms with Crippen LogP contribution in [0.25, 0.3) is 0 Å². The zero-order valence-corrected chi connectivity index (χ0v) is 9.82. The summed E-state index contributed by atoms with van der Waals surface area (Å²) in [6.45, 7) is -0.102. The highest BCUT2D eigenvalue weighted by molar-refractivity contribution is 6.30. The second-order valence-corrected chi connectivity index (χ2v) is 3.81. The monoisotopic (exact) mass is 241 g/mol. The smallest absolute Gasteiger partial charge is 0.259 e. The predicted molar refractivity (Wildman–Crippen MR) is 61.0 cm³/mol. The van der Waals surface area contributed by atoms with Gasteiger partial charge in [-0.1, -0.05) is 11.6 Å². The van der Waals surface area contributed by atoms with Crippen molar-refractivity contribution in [2.45, 2.75) is 0 Å². The molecule has 0 radical (unpaired) electrons. The third-order valence-electron chi connectivity index (χ3n) is 1.95. The van der Waals surface area contributed by atoms with Gasteiger partial charge in [-0.15, -0.1) is 0 Å². The minimum atomic E-state index is -0.174. The van der Waals surface area contributed by atoms with E-state index < -0.39 is 0 Å². The van der Waals surface area contributed by atoms with Gasteiger partial charge in [0, 0.05) is 19.1 Å². The summed E-state index contributed by atoms with van der Waals surface area (Å²) in [7, 11) is 3.27. The van der Waals surface area contributed by atoms with E-state index in [4.69, 9.17) is 16.3 Å². The maximum Gasteiger partial charge on any atom is 0.259 e. The Hall–Kier alpha value is -1.55. The average molecular weight is 242 g/mol. The van der Waals surface area contributed by atoms with Crippen LogP contribution in [0.2, 0.25) is 5.02 Å². The van der Waals surface area contributed by atoms with Crippen LogP contribution < -0.4 is 4.74 Å². The molecule has 0 atom stereocenters. The first-order valence-electron chi connectivity index (χ1n) is 4.62. The first-order valence-corrected chi connectivity index (χ1v) is 5.00. The van der Waals surface area contributed by atoms with Gasteiger partial charge in [0.15, 0.2) is 12.9 Å². The Morgan fingerprint density at radius 2 is 2.19 bits per heavy atom. The highest BCUT2D eigenvalue weighted by atomic mass is 35.5. The maximum absolute atomic E-state index is 11.3. The van der Waals surface area contributed by atoms with E-state index in [1.165, 1.54) is 11.0 Å². The summed E-state index contributed by atoms with van der Waals surface area (Å²) in [6.07, 6.45) is 0.640. The standard InChI is InChI=1S/C11H12ClNO3/c1-13(2)11(15)7-16-10-4-3-9(12)5-8(10)6-14/h3-6H,7H2,1-2H3.